The molecule has 1 saturated carbocycles. The Labute approximate surface area is 86.3 Å². The molecule has 80 valence electrons. The summed E-state index contributed by atoms with van der Waals surface area (Å²) in [6.45, 7) is 2.05. The molecule has 1 aliphatic carbocycles. The Balaban J connectivity index is 2.49. The third-order valence-electron chi connectivity index (χ3n) is 3.30. The summed E-state index contributed by atoms with van der Waals surface area (Å²) in [6.07, 6.45) is 4.65. The topological polar surface area (TPSA) is 47.3 Å². The lowest BCUT2D eigenvalue weighted by Crippen LogP contribution is -2.47. The molecule has 1 rings (SSSR count). The van der Waals surface area contributed by atoms with Crippen molar-refractivity contribution >= 4 is 0 Å². The Morgan fingerprint density at radius 2 is 2.14 bits per heavy atom. The van der Waals surface area contributed by atoms with Crippen molar-refractivity contribution in [2.24, 2.45) is 0 Å². The second-order valence-electron chi connectivity index (χ2n) is 4.30. The van der Waals surface area contributed by atoms with Gasteiger partial charge in [-0.15, -0.1) is 0 Å². The molecule has 3 atom stereocenters. The van der Waals surface area contributed by atoms with Gasteiger partial charge in [-0.1, -0.05) is 12.8 Å². The van der Waals surface area contributed by atoms with E-state index in [0.29, 0.717) is 6.42 Å². The number of likely N-dealkylation sites (N-methyl/N-ethyl adjacent to an activating group) is 1. The molecule has 3 heteroatoms. The van der Waals surface area contributed by atoms with E-state index in [1.807, 2.05) is 14.0 Å². The van der Waals surface area contributed by atoms with Crippen LogP contribution in [0.3, 0.4) is 0 Å². The van der Waals surface area contributed by atoms with Crippen molar-refractivity contribution in [2.45, 2.75) is 57.2 Å². The lowest BCUT2D eigenvalue weighted by Gasteiger charge is -2.38. The summed E-state index contributed by atoms with van der Waals surface area (Å²) < 4.78 is 0. The summed E-state index contributed by atoms with van der Waals surface area (Å²) in [7, 11) is 2.02. The Morgan fingerprint density at radius 3 is 2.71 bits per heavy atom. The summed E-state index contributed by atoms with van der Waals surface area (Å²) >= 11 is 0. The van der Waals surface area contributed by atoms with Gasteiger partial charge in [-0.2, -0.15) is 5.26 Å². The van der Waals surface area contributed by atoms with Gasteiger partial charge in [-0.25, -0.2) is 0 Å². The minimum atomic E-state index is -0.199. The van der Waals surface area contributed by atoms with E-state index in [0.717, 1.165) is 19.3 Å². The average Bonchev–Trinajstić information content (AvgIpc) is 2.18. The van der Waals surface area contributed by atoms with Crippen LogP contribution < -0.4 is 0 Å². The average molecular weight is 196 g/mol. The molecule has 0 amide bonds. The quantitative estimate of drug-likeness (QED) is 0.744. The number of hydrogen-bond acceptors (Lipinski definition) is 3. The smallest absolute Gasteiger partial charge is 0.0695 e. The minimum Gasteiger partial charge on any atom is -0.391 e. The molecule has 1 aliphatic rings. The maximum atomic E-state index is 9.83. The fraction of sp³-hybridized carbons (Fsp3) is 0.909. The number of aliphatic hydroxyl groups is 1. The van der Waals surface area contributed by atoms with Gasteiger partial charge in [0.2, 0.25) is 0 Å². The van der Waals surface area contributed by atoms with Gasteiger partial charge >= 0.3 is 0 Å². The van der Waals surface area contributed by atoms with E-state index in [9.17, 15) is 5.11 Å². The van der Waals surface area contributed by atoms with Gasteiger partial charge in [0, 0.05) is 12.1 Å². The minimum absolute atomic E-state index is 0.199. The van der Waals surface area contributed by atoms with Crippen LogP contribution in [0.15, 0.2) is 0 Å². The molecular formula is C11H20N2O. The van der Waals surface area contributed by atoms with Gasteiger partial charge in [-0.05, 0) is 26.8 Å². The molecule has 0 aromatic carbocycles. The van der Waals surface area contributed by atoms with Gasteiger partial charge in [0.25, 0.3) is 0 Å². The van der Waals surface area contributed by atoms with Crippen molar-refractivity contribution in [1.82, 2.24) is 4.90 Å². The van der Waals surface area contributed by atoms with Crippen molar-refractivity contribution in [2.75, 3.05) is 7.05 Å². The maximum Gasteiger partial charge on any atom is 0.0695 e. The molecule has 0 heterocycles. The molecule has 0 saturated heterocycles. The largest absolute Gasteiger partial charge is 0.391 e. The van der Waals surface area contributed by atoms with Crippen LogP contribution >= 0.6 is 0 Å². The van der Waals surface area contributed by atoms with Gasteiger partial charge < -0.3 is 5.11 Å². The fourth-order valence-electron chi connectivity index (χ4n) is 2.17. The fourth-order valence-corrected chi connectivity index (χ4v) is 2.17. The SMILES string of the molecule is CC(CC#N)N(C)C1CCCCC1O. The number of aliphatic hydroxyl groups excluding tert-OH is 1. The molecule has 1 N–H and O–H groups in total. The third kappa shape index (κ3) is 2.70. The van der Waals surface area contributed by atoms with Gasteiger partial charge in [0.05, 0.1) is 18.6 Å². The lowest BCUT2D eigenvalue weighted by atomic mass is 9.91. The number of nitriles is 1. The molecule has 0 bridgehead atoms. The normalized spacial score (nSPS) is 29.9. The molecule has 0 aliphatic heterocycles. The molecule has 0 aromatic rings. The van der Waals surface area contributed by atoms with Crippen LogP contribution in [0, 0.1) is 11.3 Å². The van der Waals surface area contributed by atoms with E-state index in [1.54, 1.807) is 0 Å². The maximum absolute atomic E-state index is 9.83. The highest BCUT2D eigenvalue weighted by atomic mass is 16.3. The van der Waals surface area contributed by atoms with Crippen LogP contribution in [0.1, 0.15) is 39.0 Å². The highest BCUT2D eigenvalue weighted by Gasteiger charge is 2.28. The van der Waals surface area contributed by atoms with E-state index >= 15 is 0 Å². The summed E-state index contributed by atoms with van der Waals surface area (Å²) in [4.78, 5) is 2.16. The van der Waals surface area contributed by atoms with Gasteiger partial charge in [0.1, 0.15) is 0 Å². The first kappa shape index (κ1) is 11.5. The third-order valence-corrected chi connectivity index (χ3v) is 3.30. The molecule has 0 spiro atoms. The lowest BCUT2D eigenvalue weighted by molar-refractivity contribution is 0.0168. The number of rotatable bonds is 3. The Kier molecular flexibility index (Phi) is 4.37. The van der Waals surface area contributed by atoms with E-state index < -0.39 is 0 Å². The van der Waals surface area contributed by atoms with E-state index in [-0.39, 0.29) is 18.2 Å². The Morgan fingerprint density at radius 1 is 1.50 bits per heavy atom. The van der Waals surface area contributed by atoms with Crippen LogP contribution in [0.2, 0.25) is 0 Å². The zero-order valence-corrected chi connectivity index (χ0v) is 9.11. The van der Waals surface area contributed by atoms with Crippen LogP contribution in [0.4, 0.5) is 0 Å². The summed E-state index contributed by atoms with van der Waals surface area (Å²) in [5.41, 5.74) is 0. The van der Waals surface area contributed by atoms with Gasteiger partial charge in [0.15, 0.2) is 0 Å². The highest BCUT2D eigenvalue weighted by Crippen LogP contribution is 2.24. The van der Waals surface area contributed by atoms with Crippen LogP contribution in [0.25, 0.3) is 0 Å². The van der Waals surface area contributed by atoms with E-state index in [4.69, 9.17) is 5.26 Å². The van der Waals surface area contributed by atoms with Gasteiger partial charge in [-0.3, -0.25) is 4.90 Å². The first-order chi connectivity index (χ1) is 6.66. The standard InChI is InChI=1S/C11H20N2O/c1-9(7-8-12)13(2)10-5-3-4-6-11(10)14/h9-11,14H,3-7H2,1-2H3. The van der Waals surface area contributed by atoms with E-state index in [2.05, 4.69) is 11.0 Å². The first-order valence-electron chi connectivity index (χ1n) is 5.43. The van der Waals surface area contributed by atoms with Crippen molar-refractivity contribution in [3.8, 4) is 6.07 Å². The van der Waals surface area contributed by atoms with Crippen molar-refractivity contribution in [3.63, 3.8) is 0 Å². The molecule has 0 radical (unpaired) electrons. The second kappa shape index (κ2) is 5.33. The van der Waals surface area contributed by atoms with E-state index in [1.165, 1.54) is 6.42 Å². The Bertz CT molecular complexity index is 212. The zero-order chi connectivity index (χ0) is 10.6. The van der Waals surface area contributed by atoms with Crippen molar-refractivity contribution < 1.29 is 5.11 Å². The zero-order valence-electron chi connectivity index (χ0n) is 9.11. The predicted molar refractivity (Wildman–Crippen MR) is 55.7 cm³/mol. The number of nitrogens with zero attached hydrogens (tertiary/aromatic N) is 2. The summed E-state index contributed by atoms with van der Waals surface area (Å²) in [6, 6.07) is 2.68. The van der Waals surface area contributed by atoms with Crippen molar-refractivity contribution in [3.05, 3.63) is 0 Å². The first-order valence-corrected chi connectivity index (χ1v) is 5.43. The van der Waals surface area contributed by atoms with Crippen molar-refractivity contribution in [1.29, 1.82) is 5.26 Å². The molecule has 14 heavy (non-hydrogen) atoms. The van der Waals surface area contributed by atoms with Crippen LogP contribution in [0.5, 0.6) is 0 Å². The molecule has 0 aromatic heterocycles. The number of hydrogen-bond donors (Lipinski definition) is 1. The molecule has 3 nitrogen and oxygen atoms in total. The monoisotopic (exact) mass is 196 g/mol. The van der Waals surface area contributed by atoms with Crippen LogP contribution in [-0.4, -0.2) is 35.2 Å². The molecule has 1 fully saturated rings. The summed E-state index contributed by atoms with van der Waals surface area (Å²) in [5.74, 6) is 0. The Hall–Kier alpha value is -0.590. The summed E-state index contributed by atoms with van der Waals surface area (Å²) in [5, 5.41) is 18.4. The highest BCUT2D eigenvalue weighted by molar-refractivity contribution is 4.87. The second-order valence-corrected chi connectivity index (χ2v) is 4.30. The molecular weight excluding hydrogens is 176 g/mol. The molecule has 3 unspecified atom stereocenters. The predicted octanol–water partition coefficient (Wildman–Crippen LogP) is 1.52. The van der Waals surface area contributed by atoms with Crippen LogP contribution in [-0.2, 0) is 0 Å².